The molecule has 0 unspecified atom stereocenters. The molecule has 0 aliphatic carbocycles. The van der Waals surface area contributed by atoms with Gasteiger partial charge in [-0.25, -0.2) is 0 Å². The third-order valence-corrected chi connectivity index (χ3v) is 4.57. The Hall–Kier alpha value is -2.26. The molecule has 0 amide bonds. The maximum Gasteiger partial charge on any atom is 0.167 e. The van der Waals surface area contributed by atoms with Crippen molar-refractivity contribution in [1.82, 2.24) is 4.40 Å². The van der Waals surface area contributed by atoms with Crippen LogP contribution < -0.4 is 4.74 Å². The summed E-state index contributed by atoms with van der Waals surface area (Å²) in [6, 6.07) is 9.85. The summed E-state index contributed by atoms with van der Waals surface area (Å²) < 4.78 is 7.42. The maximum atomic E-state index is 11.7. The maximum absolute atomic E-state index is 11.7. The first-order valence-electron chi connectivity index (χ1n) is 7.52. The van der Waals surface area contributed by atoms with Crippen molar-refractivity contribution < 1.29 is 9.53 Å². The summed E-state index contributed by atoms with van der Waals surface area (Å²) >= 11 is 6.28. The lowest BCUT2D eigenvalue weighted by Crippen LogP contribution is -1.96. The van der Waals surface area contributed by atoms with Crippen LogP contribution in [0.1, 0.15) is 28.5 Å². The average Bonchev–Trinajstić information content (AvgIpc) is 2.94. The lowest BCUT2D eigenvalue weighted by Gasteiger charge is -2.10. The van der Waals surface area contributed by atoms with E-state index in [2.05, 4.69) is 13.0 Å². The molecule has 2 heterocycles. The van der Waals surface area contributed by atoms with Gasteiger partial charge in [-0.05, 0) is 48.7 Å². The number of hydrogen-bond donors (Lipinski definition) is 0. The molecule has 0 aliphatic rings. The number of aldehydes is 1. The number of pyridine rings is 1. The lowest BCUT2D eigenvalue weighted by atomic mass is 10.0. The first-order chi connectivity index (χ1) is 11.1. The zero-order valence-corrected chi connectivity index (χ0v) is 14.1. The summed E-state index contributed by atoms with van der Waals surface area (Å²) in [5.41, 5.74) is 5.35. The fraction of sp³-hybridized carbons (Fsp3) is 0.211. The van der Waals surface area contributed by atoms with Crippen LogP contribution in [0.3, 0.4) is 0 Å². The minimum absolute atomic E-state index is 0.605. The predicted molar refractivity (Wildman–Crippen MR) is 93.9 cm³/mol. The third kappa shape index (κ3) is 2.62. The second kappa shape index (κ2) is 6.09. The highest BCUT2D eigenvalue weighted by atomic mass is 35.5. The first-order valence-corrected chi connectivity index (χ1v) is 7.90. The number of carbonyl (C=O) groups is 1. The molecule has 0 saturated heterocycles. The molecule has 3 aromatic rings. The molecule has 0 atom stereocenters. The Morgan fingerprint density at radius 1 is 1.22 bits per heavy atom. The van der Waals surface area contributed by atoms with Gasteiger partial charge in [0.15, 0.2) is 6.29 Å². The number of hydrogen-bond acceptors (Lipinski definition) is 2. The molecule has 0 N–H and O–H groups in total. The largest absolute Gasteiger partial charge is 0.496 e. The predicted octanol–water partition coefficient (Wildman–Crippen LogP) is 4.95. The fourth-order valence-electron chi connectivity index (χ4n) is 2.81. The molecule has 2 aromatic heterocycles. The van der Waals surface area contributed by atoms with E-state index in [-0.39, 0.29) is 0 Å². The number of ether oxygens (including phenoxy) is 1. The highest BCUT2D eigenvalue weighted by Gasteiger charge is 2.17. The number of aromatic nitrogens is 1. The van der Waals surface area contributed by atoms with Gasteiger partial charge in [0, 0.05) is 27.9 Å². The third-order valence-electron chi connectivity index (χ3n) is 4.16. The fourth-order valence-corrected chi connectivity index (χ4v) is 2.98. The smallest absolute Gasteiger partial charge is 0.167 e. The Morgan fingerprint density at radius 3 is 2.65 bits per heavy atom. The van der Waals surface area contributed by atoms with Crippen molar-refractivity contribution in [3.8, 4) is 16.9 Å². The van der Waals surface area contributed by atoms with Gasteiger partial charge in [-0.2, -0.15) is 0 Å². The van der Waals surface area contributed by atoms with Crippen LogP contribution in [-0.4, -0.2) is 17.8 Å². The van der Waals surface area contributed by atoms with E-state index in [0.29, 0.717) is 16.5 Å². The van der Waals surface area contributed by atoms with Gasteiger partial charge < -0.3 is 9.14 Å². The Labute approximate surface area is 140 Å². The van der Waals surface area contributed by atoms with Crippen LogP contribution >= 0.6 is 11.6 Å². The molecule has 23 heavy (non-hydrogen) atoms. The zero-order valence-electron chi connectivity index (χ0n) is 13.4. The lowest BCUT2D eigenvalue weighted by molar-refractivity contribution is 0.111. The van der Waals surface area contributed by atoms with Crippen LogP contribution in [0.15, 0.2) is 36.5 Å². The van der Waals surface area contributed by atoms with Crippen molar-refractivity contribution in [3.63, 3.8) is 0 Å². The van der Waals surface area contributed by atoms with E-state index in [4.69, 9.17) is 16.3 Å². The van der Waals surface area contributed by atoms with Gasteiger partial charge in [0.25, 0.3) is 0 Å². The Morgan fingerprint density at radius 2 is 2.00 bits per heavy atom. The van der Waals surface area contributed by atoms with Crippen molar-refractivity contribution in [2.75, 3.05) is 7.11 Å². The SMILES string of the molecule is CCc1ccc2cc(-c3cc(Cl)c(C)cc3OC)c(C=O)n2c1. The number of rotatable bonds is 4. The molecule has 3 nitrogen and oxygen atoms in total. The molecular formula is C19H18ClNO2. The zero-order chi connectivity index (χ0) is 16.6. The van der Waals surface area contributed by atoms with Gasteiger partial charge in [0.1, 0.15) is 5.75 Å². The van der Waals surface area contributed by atoms with Gasteiger partial charge in [-0.3, -0.25) is 4.79 Å². The quantitative estimate of drug-likeness (QED) is 0.635. The van der Waals surface area contributed by atoms with Gasteiger partial charge in [-0.15, -0.1) is 0 Å². The Balaban J connectivity index is 2.32. The van der Waals surface area contributed by atoms with Gasteiger partial charge in [-0.1, -0.05) is 24.6 Å². The second-order valence-corrected chi connectivity index (χ2v) is 5.96. The van der Waals surface area contributed by atoms with Crippen LogP contribution in [0.4, 0.5) is 0 Å². The molecule has 0 bridgehead atoms. The summed E-state index contributed by atoms with van der Waals surface area (Å²) in [7, 11) is 1.62. The van der Waals surface area contributed by atoms with Gasteiger partial charge >= 0.3 is 0 Å². The molecule has 4 heteroatoms. The van der Waals surface area contributed by atoms with Crippen molar-refractivity contribution >= 4 is 23.4 Å². The standard InChI is InChI=1S/C19H18ClNO2/c1-4-13-5-6-14-8-15(18(11-22)21(14)10-13)16-9-17(20)12(2)7-19(16)23-3/h5-11H,4H2,1-3H3. The number of halogens is 1. The summed E-state index contributed by atoms with van der Waals surface area (Å²) in [6.07, 6.45) is 3.81. The van der Waals surface area contributed by atoms with Crippen LogP contribution in [0, 0.1) is 6.92 Å². The number of carbonyl (C=O) groups excluding carboxylic acids is 1. The van der Waals surface area contributed by atoms with Gasteiger partial charge in [0.2, 0.25) is 0 Å². The minimum atomic E-state index is 0.605. The van der Waals surface area contributed by atoms with E-state index >= 15 is 0 Å². The van der Waals surface area contributed by atoms with Crippen molar-refractivity contribution in [2.45, 2.75) is 20.3 Å². The number of benzene rings is 1. The Bertz CT molecular complexity index is 896. The van der Waals surface area contributed by atoms with Crippen molar-refractivity contribution in [2.24, 2.45) is 0 Å². The van der Waals surface area contributed by atoms with Crippen molar-refractivity contribution in [3.05, 3.63) is 58.4 Å². The molecule has 0 fully saturated rings. The molecule has 1 aromatic carbocycles. The molecule has 0 aliphatic heterocycles. The Kier molecular flexibility index (Phi) is 4.14. The monoisotopic (exact) mass is 327 g/mol. The molecular weight excluding hydrogens is 310 g/mol. The van der Waals surface area contributed by atoms with E-state index in [1.54, 1.807) is 7.11 Å². The molecule has 0 saturated carbocycles. The highest BCUT2D eigenvalue weighted by Crippen LogP contribution is 2.37. The van der Waals surface area contributed by atoms with Gasteiger partial charge in [0.05, 0.1) is 12.8 Å². The highest BCUT2D eigenvalue weighted by molar-refractivity contribution is 6.31. The van der Waals surface area contributed by atoms with Crippen molar-refractivity contribution in [1.29, 1.82) is 0 Å². The second-order valence-electron chi connectivity index (χ2n) is 5.55. The van der Waals surface area contributed by atoms with Crippen LogP contribution in [-0.2, 0) is 6.42 Å². The topological polar surface area (TPSA) is 30.7 Å². The molecule has 0 radical (unpaired) electrons. The molecule has 3 rings (SSSR count). The van der Waals surface area contributed by atoms with Crippen LogP contribution in [0.5, 0.6) is 5.75 Å². The number of aryl methyl sites for hydroxylation is 2. The van der Waals surface area contributed by atoms with E-state index < -0.39 is 0 Å². The van der Waals surface area contributed by atoms with E-state index in [1.807, 2.05) is 41.8 Å². The molecule has 0 spiro atoms. The van der Waals surface area contributed by atoms with Crippen LogP contribution in [0.25, 0.3) is 16.6 Å². The van der Waals surface area contributed by atoms with Crippen LogP contribution in [0.2, 0.25) is 5.02 Å². The van der Waals surface area contributed by atoms with E-state index in [0.717, 1.165) is 34.9 Å². The van der Waals surface area contributed by atoms with E-state index in [9.17, 15) is 4.79 Å². The first kappa shape index (κ1) is 15.6. The summed E-state index contributed by atoms with van der Waals surface area (Å²) in [5, 5.41) is 0.655. The number of fused-ring (bicyclic) bond motifs is 1. The number of nitrogens with zero attached hydrogens (tertiary/aromatic N) is 1. The normalized spacial score (nSPS) is 11.0. The van der Waals surface area contributed by atoms with E-state index in [1.165, 1.54) is 5.56 Å². The summed E-state index contributed by atoms with van der Waals surface area (Å²) in [4.78, 5) is 11.7. The minimum Gasteiger partial charge on any atom is -0.496 e. The molecule has 118 valence electrons. The average molecular weight is 328 g/mol. The number of methoxy groups -OCH3 is 1. The summed E-state index contributed by atoms with van der Waals surface area (Å²) in [6.45, 7) is 4.02. The summed E-state index contributed by atoms with van der Waals surface area (Å²) in [5.74, 6) is 0.710.